The standard InChI is InChI=1S/C25H27N3O5S2/c1-18(2)25(29)26-20-10-13-22(14-11-20)34(30,31)27-21-12-15-24-19(17-21)7-6-16-28(24)35(32,33)23-8-4-3-5-9-23/h3-5,8-15,17-18,27H,6-7,16H2,1-2H3,(H,26,29). The second kappa shape index (κ2) is 9.71. The van der Waals surface area contributed by atoms with Crippen molar-refractivity contribution < 1.29 is 21.6 Å². The van der Waals surface area contributed by atoms with E-state index in [2.05, 4.69) is 10.0 Å². The van der Waals surface area contributed by atoms with Gasteiger partial charge in [-0.3, -0.25) is 13.8 Å². The zero-order valence-electron chi connectivity index (χ0n) is 19.4. The summed E-state index contributed by atoms with van der Waals surface area (Å²) in [6.07, 6.45) is 1.26. The lowest BCUT2D eigenvalue weighted by Gasteiger charge is -2.31. The van der Waals surface area contributed by atoms with Gasteiger partial charge in [0.25, 0.3) is 20.0 Å². The van der Waals surface area contributed by atoms with E-state index in [1.807, 2.05) is 0 Å². The summed E-state index contributed by atoms with van der Waals surface area (Å²) in [5, 5.41) is 2.72. The molecule has 1 aliphatic heterocycles. The van der Waals surface area contributed by atoms with Gasteiger partial charge in [0, 0.05) is 23.8 Å². The van der Waals surface area contributed by atoms with Gasteiger partial charge in [-0.05, 0) is 73.0 Å². The SMILES string of the molecule is CC(C)C(=O)Nc1ccc(S(=O)(=O)Nc2ccc3c(c2)CCCN3S(=O)(=O)c2ccccc2)cc1. The van der Waals surface area contributed by atoms with Crippen molar-refractivity contribution in [3.8, 4) is 0 Å². The Bertz CT molecular complexity index is 1440. The van der Waals surface area contributed by atoms with Crippen LogP contribution in [0.1, 0.15) is 25.8 Å². The molecule has 0 aromatic heterocycles. The van der Waals surface area contributed by atoms with Crippen LogP contribution in [0.25, 0.3) is 0 Å². The van der Waals surface area contributed by atoms with Gasteiger partial charge in [-0.2, -0.15) is 0 Å². The third kappa shape index (κ3) is 5.33. The lowest BCUT2D eigenvalue weighted by Crippen LogP contribution is -2.35. The molecule has 4 rings (SSSR count). The fraction of sp³-hybridized carbons (Fsp3) is 0.240. The Labute approximate surface area is 206 Å². The first kappa shape index (κ1) is 24.7. The summed E-state index contributed by atoms with van der Waals surface area (Å²) < 4.78 is 56.1. The minimum absolute atomic E-state index is 0.0473. The molecule has 0 atom stereocenters. The molecule has 1 aliphatic rings. The minimum Gasteiger partial charge on any atom is -0.326 e. The number of hydrogen-bond donors (Lipinski definition) is 2. The second-order valence-electron chi connectivity index (χ2n) is 8.61. The first-order valence-corrected chi connectivity index (χ1v) is 14.1. The van der Waals surface area contributed by atoms with Crippen LogP contribution in [-0.4, -0.2) is 29.3 Å². The summed E-state index contributed by atoms with van der Waals surface area (Å²) in [6.45, 7) is 3.90. The van der Waals surface area contributed by atoms with Crippen molar-refractivity contribution in [2.45, 2.75) is 36.5 Å². The van der Waals surface area contributed by atoms with Gasteiger partial charge in [0.1, 0.15) is 0 Å². The largest absolute Gasteiger partial charge is 0.326 e. The predicted octanol–water partition coefficient (Wildman–Crippen LogP) is 4.22. The lowest BCUT2D eigenvalue weighted by atomic mass is 10.0. The van der Waals surface area contributed by atoms with Gasteiger partial charge in [-0.25, -0.2) is 16.8 Å². The highest BCUT2D eigenvalue weighted by Gasteiger charge is 2.29. The maximum atomic E-state index is 13.2. The number of nitrogens with zero attached hydrogens (tertiary/aromatic N) is 1. The zero-order valence-corrected chi connectivity index (χ0v) is 21.1. The van der Waals surface area contributed by atoms with E-state index in [0.29, 0.717) is 36.4 Å². The van der Waals surface area contributed by atoms with Gasteiger partial charge in [0.2, 0.25) is 5.91 Å². The molecule has 0 unspecified atom stereocenters. The number of sulfonamides is 2. The number of anilines is 3. The highest BCUT2D eigenvalue weighted by Crippen LogP contribution is 2.34. The maximum absolute atomic E-state index is 13.2. The molecule has 35 heavy (non-hydrogen) atoms. The van der Waals surface area contributed by atoms with Gasteiger partial charge in [-0.15, -0.1) is 0 Å². The molecule has 0 saturated heterocycles. The van der Waals surface area contributed by atoms with Crippen molar-refractivity contribution in [3.05, 3.63) is 78.4 Å². The number of hydrogen-bond acceptors (Lipinski definition) is 5. The third-order valence-corrected chi connectivity index (χ3v) is 8.92. The first-order chi connectivity index (χ1) is 16.6. The van der Waals surface area contributed by atoms with E-state index in [1.54, 1.807) is 62.4 Å². The van der Waals surface area contributed by atoms with E-state index in [-0.39, 0.29) is 21.6 Å². The molecule has 0 spiro atoms. The fourth-order valence-corrected chi connectivity index (χ4v) is 6.43. The highest BCUT2D eigenvalue weighted by atomic mass is 32.2. The molecule has 0 radical (unpaired) electrons. The molecule has 0 aliphatic carbocycles. The van der Waals surface area contributed by atoms with Crippen LogP contribution in [0.4, 0.5) is 17.1 Å². The second-order valence-corrected chi connectivity index (χ2v) is 12.2. The smallest absolute Gasteiger partial charge is 0.264 e. The number of carbonyl (C=O) groups is 1. The Balaban J connectivity index is 1.55. The van der Waals surface area contributed by atoms with Gasteiger partial charge < -0.3 is 5.32 Å². The number of carbonyl (C=O) groups excluding carboxylic acids is 1. The quantitative estimate of drug-likeness (QED) is 0.491. The Kier molecular flexibility index (Phi) is 6.86. The highest BCUT2D eigenvalue weighted by molar-refractivity contribution is 7.93. The molecular formula is C25H27N3O5S2. The van der Waals surface area contributed by atoms with Crippen molar-refractivity contribution >= 4 is 43.0 Å². The van der Waals surface area contributed by atoms with E-state index >= 15 is 0 Å². The summed E-state index contributed by atoms with van der Waals surface area (Å²) >= 11 is 0. The van der Waals surface area contributed by atoms with Crippen molar-refractivity contribution in [2.24, 2.45) is 5.92 Å². The van der Waals surface area contributed by atoms with Crippen LogP contribution >= 0.6 is 0 Å². The van der Waals surface area contributed by atoms with Crippen LogP contribution in [0.2, 0.25) is 0 Å². The number of fused-ring (bicyclic) bond motifs is 1. The van der Waals surface area contributed by atoms with E-state index in [9.17, 15) is 21.6 Å². The predicted molar refractivity (Wildman–Crippen MR) is 136 cm³/mol. The van der Waals surface area contributed by atoms with E-state index < -0.39 is 20.0 Å². The van der Waals surface area contributed by atoms with Crippen molar-refractivity contribution in [2.75, 3.05) is 20.9 Å². The zero-order chi connectivity index (χ0) is 25.2. The summed E-state index contributed by atoms with van der Waals surface area (Å²) in [6, 6.07) is 19.0. The van der Waals surface area contributed by atoms with E-state index in [1.165, 1.54) is 28.6 Å². The average Bonchev–Trinajstić information content (AvgIpc) is 2.84. The molecule has 0 bridgehead atoms. The number of aryl methyl sites for hydroxylation is 1. The Morgan fingerprint density at radius 3 is 2.17 bits per heavy atom. The monoisotopic (exact) mass is 513 g/mol. The molecule has 3 aromatic rings. The normalized spacial score (nSPS) is 13.9. The number of rotatable bonds is 7. The molecule has 1 amide bonds. The Hall–Kier alpha value is -3.37. The summed E-state index contributed by atoms with van der Waals surface area (Å²) in [4.78, 5) is 12.1. The fourth-order valence-electron chi connectivity index (χ4n) is 3.81. The molecule has 184 valence electrons. The van der Waals surface area contributed by atoms with Crippen LogP contribution in [0, 0.1) is 5.92 Å². The third-order valence-electron chi connectivity index (χ3n) is 5.70. The van der Waals surface area contributed by atoms with Crippen molar-refractivity contribution in [3.63, 3.8) is 0 Å². The molecule has 0 fully saturated rings. The number of nitrogens with one attached hydrogen (secondary N) is 2. The minimum atomic E-state index is -3.88. The average molecular weight is 514 g/mol. The van der Waals surface area contributed by atoms with Crippen LogP contribution in [-0.2, 0) is 31.3 Å². The molecular weight excluding hydrogens is 486 g/mol. The summed E-state index contributed by atoms with van der Waals surface area (Å²) in [5.41, 5.74) is 2.16. The molecule has 3 aromatic carbocycles. The number of benzene rings is 3. The maximum Gasteiger partial charge on any atom is 0.264 e. The Morgan fingerprint density at radius 2 is 1.51 bits per heavy atom. The topological polar surface area (TPSA) is 113 Å². The summed E-state index contributed by atoms with van der Waals surface area (Å²) in [5.74, 6) is -0.348. The van der Waals surface area contributed by atoms with Gasteiger partial charge in [0.15, 0.2) is 0 Å². The van der Waals surface area contributed by atoms with Crippen molar-refractivity contribution in [1.82, 2.24) is 0 Å². The van der Waals surface area contributed by atoms with Crippen molar-refractivity contribution in [1.29, 1.82) is 0 Å². The van der Waals surface area contributed by atoms with Gasteiger partial charge in [-0.1, -0.05) is 32.0 Å². The van der Waals surface area contributed by atoms with Crippen LogP contribution in [0.15, 0.2) is 82.6 Å². The Morgan fingerprint density at radius 1 is 0.857 bits per heavy atom. The first-order valence-electron chi connectivity index (χ1n) is 11.2. The van der Waals surface area contributed by atoms with Gasteiger partial charge >= 0.3 is 0 Å². The molecule has 1 heterocycles. The van der Waals surface area contributed by atoms with Crippen LogP contribution in [0.5, 0.6) is 0 Å². The lowest BCUT2D eigenvalue weighted by molar-refractivity contribution is -0.118. The van der Waals surface area contributed by atoms with Crippen LogP contribution < -0.4 is 14.3 Å². The van der Waals surface area contributed by atoms with E-state index in [4.69, 9.17) is 0 Å². The van der Waals surface area contributed by atoms with Gasteiger partial charge in [0.05, 0.1) is 15.5 Å². The number of amides is 1. The van der Waals surface area contributed by atoms with Crippen LogP contribution in [0.3, 0.4) is 0 Å². The molecule has 10 heteroatoms. The molecule has 8 nitrogen and oxygen atoms in total. The molecule has 2 N–H and O–H groups in total. The summed E-state index contributed by atoms with van der Waals surface area (Å²) in [7, 11) is -7.60. The molecule has 0 saturated carbocycles. The van der Waals surface area contributed by atoms with E-state index in [0.717, 1.165) is 5.56 Å².